The van der Waals surface area contributed by atoms with Crippen LogP contribution in [-0.4, -0.2) is 17.0 Å². The molecule has 78 valence electrons. The molecule has 1 aromatic heterocycles. The molecule has 0 fully saturated rings. The van der Waals surface area contributed by atoms with Gasteiger partial charge in [0.05, 0.1) is 6.54 Å². The first kappa shape index (κ1) is 10.8. The fourth-order valence-electron chi connectivity index (χ4n) is 1.14. The van der Waals surface area contributed by atoms with Gasteiger partial charge in [-0.05, 0) is 12.1 Å². The zero-order valence-corrected chi connectivity index (χ0v) is 8.66. The van der Waals surface area contributed by atoms with Gasteiger partial charge in [0.1, 0.15) is 0 Å². The van der Waals surface area contributed by atoms with E-state index in [9.17, 15) is 4.79 Å². The molecule has 4 nitrogen and oxygen atoms in total. The van der Waals surface area contributed by atoms with Crippen molar-refractivity contribution < 1.29 is 4.79 Å². The largest absolute Gasteiger partial charge is 0.353 e. The molecular weight excluding hydrogens is 178 g/mol. The molecular formula is C10H17N3O. The molecule has 0 radical (unpaired) electrons. The Morgan fingerprint density at radius 3 is 2.93 bits per heavy atom. The molecule has 1 rings (SSSR count). The minimum atomic E-state index is -0.115. The fourth-order valence-corrected chi connectivity index (χ4v) is 1.14. The van der Waals surface area contributed by atoms with Crippen molar-refractivity contribution in [1.29, 1.82) is 0 Å². The second-order valence-electron chi connectivity index (χ2n) is 3.46. The van der Waals surface area contributed by atoms with Gasteiger partial charge < -0.3 is 15.6 Å². The van der Waals surface area contributed by atoms with Crippen LogP contribution in [0, 0.1) is 5.92 Å². The highest BCUT2D eigenvalue weighted by molar-refractivity contribution is 5.78. The summed E-state index contributed by atoms with van der Waals surface area (Å²) in [5, 5.41) is 2.84. The zero-order valence-electron chi connectivity index (χ0n) is 8.66. The lowest BCUT2D eigenvalue weighted by molar-refractivity contribution is -0.124. The van der Waals surface area contributed by atoms with E-state index in [4.69, 9.17) is 5.73 Å². The van der Waals surface area contributed by atoms with Crippen molar-refractivity contribution >= 4 is 5.91 Å². The smallest absolute Gasteiger partial charge is 0.224 e. The summed E-state index contributed by atoms with van der Waals surface area (Å²) in [7, 11) is 1.95. The highest BCUT2D eigenvalue weighted by Crippen LogP contribution is 1.99. The Balaban J connectivity index is 2.41. The third-order valence-electron chi connectivity index (χ3n) is 2.30. The van der Waals surface area contributed by atoms with Crippen LogP contribution in [0.25, 0.3) is 0 Å². The van der Waals surface area contributed by atoms with E-state index in [-0.39, 0.29) is 11.8 Å². The number of carbonyl (C=O) groups is 1. The lowest BCUT2D eigenvalue weighted by Gasteiger charge is -2.10. The van der Waals surface area contributed by atoms with Crippen molar-refractivity contribution in [3.8, 4) is 0 Å². The van der Waals surface area contributed by atoms with Crippen molar-refractivity contribution in [2.45, 2.75) is 13.5 Å². The molecule has 0 aliphatic rings. The van der Waals surface area contributed by atoms with E-state index in [1.54, 1.807) is 0 Å². The van der Waals surface area contributed by atoms with Gasteiger partial charge in [0.15, 0.2) is 0 Å². The second-order valence-corrected chi connectivity index (χ2v) is 3.46. The highest BCUT2D eigenvalue weighted by Gasteiger charge is 2.10. The molecule has 1 aromatic rings. The van der Waals surface area contributed by atoms with Gasteiger partial charge in [-0.2, -0.15) is 0 Å². The molecule has 0 aromatic carbocycles. The number of nitrogens with zero attached hydrogens (tertiary/aromatic N) is 1. The van der Waals surface area contributed by atoms with E-state index in [1.165, 1.54) is 0 Å². The van der Waals surface area contributed by atoms with Gasteiger partial charge in [0.25, 0.3) is 0 Å². The van der Waals surface area contributed by atoms with Gasteiger partial charge in [-0.25, -0.2) is 0 Å². The Morgan fingerprint density at radius 1 is 1.71 bits per heavy atom. The van der Waals surface area contributed by atoms with Crippen molar-refractivity contribution in [2.24, 2.45) is 18.7 Å². The fraction of sp³-hybridized carbons (Fsp3) is 0.500. The molecule has 0 spiro atoms. The predicted octanol–water partition coefficient (Wildman–Crippen LogP) is 0.236. The maximum Gasteiger partial charge on any atom is 0.224 e. The summed E-state index contributed by atoms with van der Waals surface area (Å²) in [6.07, 6.45) is 1.95. The number of hydrogen-bond acceptors (Lipinski definition) is 2. The molecule has 0 saturated heterocycles. The summed E-state index contributed by atoms with van der Waals surface area (Å²) in [5.41, 5.74) is 6.47. The Morgan fingerprint density at radius 2 is 2.43 bits per heavy atom. The minimum Gasteiger partial charge on any atom is -0.353 e. The lowest BCUT2D eigenvalue weighted by atomic mass is 10.2. The third-order valence-corrected chi connectivity index (χ3v) is 2.30. The first-order chi connectivity index (χ1) is 6.65. The molecule has 3 N–H and O–H groups in total. The van der Waals surface area contributed by atoms with E-state index in [1.807, 2.05) is 36.9 Å². The number of aryl methyl sites for hydroxylation is 1. The van der Waals surface area contributed by atoms with E-state index >= 15 is 0 Å². The van der Waals surface area contributed by atoms with Crippen molar-refractivity contribution in [3.05, 3.63) is 24.0 Å². The summed E-state index contributed by atoms with van der Waals surface area (Å²) >= 11 is 0. The van der Waals surface area contributed by atoms with Gasteiger partial charge in [-0.15, -0.1) is 0 Å². The summed E-state index contributed by atoms with van der Waals surface area (Å²) in [5.74, 6) is -0.107. The highest BCUT2D eigenvalue weighted by atomic mass is 16.1. The summed E-state index contributed by atoms with van der Waals surface area (Å²) in [6, 6.07) is 3.93. The quantitative estimate of drug-likeness (QED) is 0.722. The van der Waals surface area contributed by atoms with Crippen LogP contribution >= 0.6 is 0 Å². The second kappa shape index (κ2) is 4.81. The Bertz CT molecular complexity index is 306. The van der Waals surface area contributed by atoms with Crippen LogP contribution in [0.5, 0.6) is 0 Å². The van der Waals surface area contributed by atoms with Crippen LogP contribution in [-0.2, 0) is 18.4 Å². The summed E-state index contributed by atoms with van der Waals surface area (Å²) < 4.78 is 1.98. The van der Waals surface area contributed by atoms with Crippen molar-refractivity contribution in [3.63, 3.8) is 0 Å². The SMILES string of the molecule is CC(CN)C(=O)NCc1cccn1C. The number of carbonyl (C=O) groups excluding carboxylic acids is 1. The average molecular weight is 195 g/mol. The van der Waals surface area contributed by atoms with Crippen LogP contribution in [0.2, 0.25) is 0 Å². The molecule has 0 aliphatic heterocycles. The molecule has 14 heavy (non-hydrogen) atoms. The number of nitrogens with one attached hydrogen (secondary N) is 1. The molecule has 1 atom stereocenters. The normalized spacial score (nSPS) is 12.5. The molecule has 1 heterocycles. The summed E-state index contributed by atoms with van der Waals surface area (Å²) in [4.78, 5) is 11.4. The molecule has 1 amide bonds. The monoisotopic (exact) mass is 195 g/mol. The van der Waals surface area contributed by atoms with Gasteiger partial charge >= 0.3 is 0 Å². The van der Waals surface area contributed by atoms with Crippen molar-refractivity contribution in [1.82, 2.24) is 9.88 Å². The van der Waals surface area contributed by atoms with Crippen LogP contribution in [0.15, 0.2) is 18.3 Å². The third kappa shape index (κ3) is 2.60. The molecule has 0 bridgehead atoms. The number of rotatable bonds is 4. The number of aromatic nitrogens is 1. The first-order valence-electron chi connectivity index (χ1n) is 4.73. The maximum absolute atomic E-state index is 11.4. The lowest BCUT2D eigenvalue weighted by Crippen LogP contribution is -2.33. The van der Waals surface area contributed by atoms with E-state index in [2.05, 4.69) is 5.32 Å². The number of hydrogen-bond donors (Lipinski definition) is 2. The molecule has 4 heteroatoms. The van der Waals surface area contributed by atoms with Crippen LogP contribution < -0.4 is 11.1 Å². The van der Waals surface area contributed by atoms with Gasteiger partial charge in [0.2, 0.25) is 5.91 Å². The maximum atomic E-state index is 11.4. The number of amides is 1. The van der Waals surface area contributed by atoms with Crippen LogP contribution in [0.3, 0.4) is 0 Å². The van der Waals surface area contributed by atoms with E-state index in [0.29, 0.717) is 13.1 Å². The zero-order chi connectivity index (χ0) is 10.6. The molecule has 0 aliphatic carbocycles. The van der Waals surface area contributed by atoms with E-state index in [0.717, 1.165) is 5.69 Å². The van der Waals surface area contributed by atoms with Gasteiger partial charge in [-0.1, -0.05) is 6.92 Å². The van der Waals surface area contributed by atoms with Crippen molar-refractivity contribution in [2.75, 3.05) is 6.54 Å². The topological polar surface area (TPSA) is 60.1 Å². The Labute approximate surface area is 84.1 Å². The van der Waals surface area contributed by atoms with Gasteiger partial charge in [-0.3, -0.25) is 4.79 Å². The molecule has 0 saturated carbocycles. The number of nitrogens with two attached hydrogens (primary N) is 1. The Hall–Kier alpha value is -1.29. The first-order valence-corrected chi connectivity index (χ1v) is 4.73. The predicted molar refractivity (Wildman–Crippen MR) is 55.5 cm³/mol. The Kier molecular flexibility index (Phi) is 3.71. The van der Waals surface area contributed by atoms with E-state index < -0.39 is 0 Å². The van der Waals surface area contributed by atoms with Crippen LogP contribution in [0.1, 0.15) is 12.6 Å². The molecule has 1 unspecified atom stereocenters. The minimum absolute atomic E-state index is 0.00806. The summed E-state index contributed by atoms with van der Waals surface area (Å²) in [6.45, 7) is 2.77. The van der Waals surface area contributed by atoms with Crippen LogP contribution in [0.4, 0.5) is 0 Å². The van der Waals surface area contributed by atoms with Gasteiger partial charge in [0, 0.05) is 31.4 Å². The average Bonchev–Trinajstić information content (AvgIpc) is 2.59. The standard InChI is InChI=1S/C10H17N3O/c1-8(6-11)10(14)12-7-9-4-3-5-13(9)2/h3-5,8H,6-7,11H2,1-2H3,(H,12,14).